The largest absolute Gasteiger partial charge is 0.308 e. The monoisotopic (exact) mass is 507 g/mol. The molecule has 2 amide bonds. The molecule has 0 N–H and O–H groups in total. The van der Waals surface area contributed by atoms with E-state index in [2.05, 4.69) is 39.9 Å². The van der Waals surface area contributed by atoms with Crippen LogP contribution in [0.3, 0.4) is 0 Å². The van der Waals surface area contributed by atoms with Crippen LogP contribution >= 0.6 is 0 Å². The van der Waals surface area contributed by atoms with Gasteiger partial charge >= 0.3 is 0 Å². The van der Waals surface area contributed by atoms with Crippen LogP contribution in [0.5, 0.6) is 0 Å². The maximum absolute atomic E-state index is 14.1. The fraction of sp³-hybridized carbons (Fsp3) is 0.0882. The molecule has 2 aromatic heterocycles. The summed E-state index contributed by atoms with van der Waals surface area (Å²) in [7, 11) is 0. The summed E-state index contributed by atoms with van der Waals surface area (Å²) in [6, 6.07) is 29.9. The van der Waals surface area contributed by atoms with Crippen molar-refractivity contribution in [3.8, 4) is 16.9 Å². The van der Waals surface area contributed by atoms with Crippen LogP contribution in [0.4, 0.5) is 5.69 Å². The number of nitrogens with zero attached hydrogens (tertiary/aromatic N) is 3. The molecule has 0 fully saturated rings. The molecule has 39 heavy (non-hydrogen) atoms. The van der Waals surface area contributed by atoms with Gasteiger partial charge in [0.05, 0.1) is 39.2 Å². The molecule has 5 heteroatoms. The van der Waals surface area contributed by atoms with Gasteiger partial charge in [0.25, 0.3) is 11.8 Å². The van der Waals surface area contributed by atoms with E-state index >= 15 is 0 Å². The highest BCUT2D eigenvalue weighted by Crippen LogP contribution is 2.40. The molecule has 0 unspecified atom stereocenters. The molecule has 0 radical (unpaired) electrons. The maximum Gasteiger partial charge on any atom is 0.268 e. The Hall–Kier alpha value is -5.03. The Morgan fingerprint density at radius 1 is 0.667 bits per heavy atom. The Kier molecular flexibility index (Phi) is 5.04. The van der Waals surface area contributed by atoms with Crippen molar-refractivity contribution in [1.82, 2.24) is 9.55 Å². The summed E-state index contributed by atoms with van der Waals surface area (Å²) >= 11 is 0. The first-order chi connectivity index (χ1) is 18.9. The number of imide groups is 1. The van der Waals surface area contributed by atoms with Gasteiger partial charge in [-0.15, -0.1) is 0 Å². The van der Waals surface area contributed by atoms with E-state index in [9.17, 15) is 9.59 Å². The molecular weight excluding hydrogens is 482 g/mol. The van der Waals surface area contributed by atoms with Gasteiger partial charge in [-0.3, -0.25) is 14.6 Å². The summed E-state index contributed by atoms with van der Waals surface area (Å²) in [6.45, 7) is 5.92. The highest BCUT2D eigenvalue weighted by molar-refractivity contribution is 6.36. The number of benzene rings is 4. The normalized spacial score (nSPS) is 13.1. The summed E-state index contributed by atoms with van der Waals surface area (Å²) < 4.78 is 2.11. The van der Waals surface area contributed by atoms with Gasteiger partial charge < -0.3 is 4.57 Å². The van der Waals surface area contributed by atoms with Crippen molar-refractivity contribution in [2.75, 3.05) is 4.90 Å². The molecule has 6 aromatic rings. The van der Waals surface area contributed by atoms with Crippen LogP contribution in [-0.4, -0.2) is 21.4 Å². The molecule has 0 bridgehead atoms. The first-order valence-electron chi connectivity index (χ1n) is 13.0. The van der Waals surface area contributed by atoms with Crippen molar-refractivity contribution in [3.63, 3.8) is 0 Å². The summed E-state index contributed by atoms with van der Waals surface area (Å²) in [5.74, 6) is -0.582. The SMILES string of the molecule is Cc1cc(C)c(N2C(=O)c3cccc(-n4c5ccccc5c5cc(-c6ccccn6)ccc54)c3C2=O)c(C)c1. The smallest absolute Gasteiger partial charge is 0.268 e. The van der Waals surface area contributed by atoms with Gasteiger partial charge in [-0.25, -0.2) is 4.90 Å². The lowest BCUT2D eigenvalue weighted by molar-refractivity contribution is 0.0925. The number of aromatic nitrogens is 2. The summed E-state index contributed by atoms with van der Waals surface area (Å²) in [5.41, 5.74) is 8.99. The fourth-order valence-electron chi connectivity index (χ4n) is 6.11. The highest BCUT2D eigenvalue weighted by Gasteiger charge is 2.40. The number of carbonyl (C=O) groups is 2. The Morgan fingerprint density at radius 3 is 2.18 bits per heavy atom. The lowest BCUT2D eigenvalue weighted by Crippen LogP contribution is -2.31. The fourth-order valence-corrected chi connectivity index (χ4v) is 6.11. The van der Waals surface area contributed by atoms with Crippen LogP contribution in [0, 0.1) is 20.8 Å². The molecule has 3 heterocycles. The molecule has 1 aliphatic heterocycles. The summed E-state index contributed by atoms with van der Waals surface area (Å²) in [4.78, 5) is 33.7. The third-order valence-electron chi connectivity index (χ3n) is 7.63. The minimum Gasteiger partial charge on any atom is -0.308 e. The number of aryl methyl sites for hydroxylation is 3. The highest BCUT2D eigenvalue weighted by atomic mass is 16.2. The van der Waals surface area contributed by atoms with E-state index in [4.69, 9.17) is 0 Å². The second-order valence-corrected chi connectivity index (χ2v) is 10.2. The second kappa shape index (κ2) is 8.50. The van der Waals surface area contributed by atoms with E-state index in [1.807, 2.05) is 75.4 Å². The first-order valence-corrected chi connectivity index (χ1v) is 13.0. The minimum atomic E-state index is -0.295. The Balaban J connectivity index is 1.47. The number of carbonyl (C=O) groups excluding carboxylic acids is 2. The molecule has 5 nitrogen and oxygen atoms in total. The average molecular weight is 508 g/mol. The molecule has 0 saturated heterocycles. The van der Waals surface area contributed by atoms with Gasteiger partial charge in [0, 0.05) is 22.5 Å². The van der Waals surface area contributed by atoms with E-state index in [1.165, 1.54) is 4.90 Å². The number of hydrogen-bond donors (Lipinski definition) is 0. The number of para-hydroxylation sites is 1. The molecule has 1 aliphatic rings. The zero-order valence-electron chi connectivity index (χ0n) is 21.9. The topological polar surface area (TPSA) is 55.2 Å². The molecule has 188 valence electrons. The Labute approximate surface area is 226 Å². The lowest BCUT2D eigenvalue weighted by Gasteiger charge is -2.20. The van der Waals surface area contributed by atoms with Crippen LogP contribution in [-0.2, 0) is 0 Å². The van der Waals surface area contributed by atoms with Crippen molar-refractivity contribution in [3.05, 3.63) is 125 Å². The van der Waals surface area contributed by atoms with Crippen molar-refractivity contribution in [2.45, 2.75) is 20.8 Å². The van der Waals surface area contributed by atoms with Crippen LogP contribution < -0.4 is 4.90 Å². The maximum atomic E-state index is 14.1. The minimum absolute atomic E-state index is 0.287. The van der Waals surface area contributed by atoms with Gasteiger partial charge in [0.15, 0.2) is 0 Å². The first kappa shape index (κ1) is 23.1. The van der Waals surface area contributed by atoms with Gasteiger partial charge in [-0.2, -0.15) is 0 Å². The van der Waals surface area contributed by atoms with Gasteiger partial charge in [-0.1, -0.05) is 54.1 Å². The molecule has 0 aliphatic carbocycles. The van der Waals surface area contributed by atoms with Crippen LogP contribution in [0.25, 0.3) is 38.8 Å². The summed E-state index contributed by atoms with van der Waals surface area (Å²) in [6.07, 6.45) is 1.79. The van der Waals surface area contributed by atoms with E-state index in [0.29, 0.717) is 22.5 Å². The Morgan fingerprint density at radius 2 is 1.41 bits per heavy atom. The van der Waals surface area contributed by atoms with Gasteiger partial charge in [0.2, 0.25) is 0 Å². The molecule has 0 atom stereocenters. The number of anilines is 1. The number of pyridine rings is 1. The third-order valence-corrected chi connectivity index (χ3v) is 7.63. The zero-order chi connectivity index (χ0) is 26.8. The van der Waals surface area contributed by atoms with Crippen molar-refractivity contribution in [2.24, 2.45) is 0 Å². The van der Waals surface area contributed by atoms with Crippen molar-refractivity contribution >= 4 is 39.3 Å². The standard InChI is InChI=1S/C34H25N3O2/c1-20-17-21(2)32(22(3)18-20)37-33(38)25-10-8-13-30(31(25)34(37)39)36-28-12-5-4-9-24(28)26-19-23(14-15-29(26)36)27-11-6-7-16-35-27/h4-19H,1-3H3. The third kappa shape index (κ3) is 3.36. The van der Waals surface area contributed by atoms with Gasteiger partial charge in [0.1, 0.15) is 0 Å². The number of amides is 2. The van der Waals surface area contributed by atoms with Crippen molar-refractivity contribution in [1.29, 1.82) is 0 Å². The van der Waals surface area contributed by atoms with E-state index in [-0.39, 0.29) is 11.8 Å². The summed E-state index contributed by atoms with van der Waals surface area (Å²) in [5, 5.41) is 2.13. The second-order valence-electron chi connectivity index (χ2n) is 10.2. The lowest BCUT2D eigenvalue weighted by atomic mass is 10.0. The number of fused-ring (bicyclic) bond motifs is 4. The predicted octanol–water partition coefficient (Wildman–Crippen LogP) is 7.57. The average Bonchev–Trinajstić information content (AvgIpc) is 3.40. The van der Waals surface area contributed by atoms with Crippen molar-refractivity contribution < 1.29 is 9.59 Å². The molecule has 7 rings (SSSR count). The van der Waals surface area contributed by atoms with Crippen LogP contribution in [0.15, 0.2) is 97.2 Å². The van der Waals surface area contributed by atoms with Gasteiger partial charge in [-0.05, 0) is 74.4 Å². The Bertz CT molecular complexity index is 1960. The zero-order valence-corrected chi connectivity index (χ0v) is 21.9. The quantitative estimate of drug-likeness (QED) is 0.232. The molecular formula is C34H25N3O2. The number of hydrogen-bond acceptors (Lipinski definition) is 3. The number of rotatable bonds is 3. The van der Waals surface area contributed by atoms with E-state index in [0.717, 1.165) is 49.8 Å². The molecule has 4 aromatic carbocycles. The molecule has 0 saturated carbocycles. The van der Waals surface area contributed by atoms with Crippen LogP contribution in [0.1, 0.15) is 37.4 Å². The predicted molar refractivity (Wildman–Crippen MR) is 156 cm³/mol. The molecule has 0 spiro atoms. The van der Waals surface area contributed by atoms with Crippen LogP contribution in [0.2, 0.25) is 0 Å². The van der Waals surface area contributed by atoms with E-state index in [1.54, 1.807) is 12.3 Å². The van der Waals surface area contributed by atoms with E-state index < -0.39 is 0 Å².